The van der Waals surface area contributed by atoms with E-state index in [1.54, 1.807) is 14.0 Å². The SMILES string of the molecule is CCOC(=O)CCCNC(=O)c1cc(C)n(-c2ccc(OC)cc2)c1C. The minimum Gasteiger partial charge on any atom is -0.497 e. The van der Waals surface area contributed by atoms with Crippen LogP contribution in [0.4, 0.5) is 0 Å². The van der Waals surface area contributed by atoms with Crippen molar-refractivity contribution < 1.29 is 19.1 Å². The lowest BCUT2D eigenvalue weighted by Crippen LogP contribution is -2.25. The number of esters is 1. The third-order valence-electron chi connectivity index (χ3n) is 4.15. The highest BCUT2D eigenvalue weighted by molar-refractivity contribution is 5.95. The number of aromatic nitrogens is 1. The third-order valence-corrected chi connectivity index (χ3v) is 4.15. The molecular weight excluding hydrogens is 332 g/mol. The molecule has 26 heavy (non-hydrogen) atoms. The quantitative estimate of drug-likeness (QED) is 0.581. The number of methoxy groups -OCH3 is 1. The molecule has 0 saturated carbocycles. The number of hydrogen-bond donors (Lipinski definition) is 1. The van der Waals surface area contributed by atoms with Gasteiger partial charge in [0.1, 0.15) is 5.75 Å². The second kappa shape index (κ2) is 9.08. The Balaban J connectivity index is 2.04. The van der Waals surface area contributed by atoms with Gasteiger partial charge in [-0.1, -0.05) is 0 Å². The summed E-state index contributed by atoms with van der Waals surface area (Å²) in [5, 5.41) is 2.87. The molecule has 2 aromatic rings. The molecule has 0 fully saturated rings. The summed E-state index contributed by atoms with van der Waals surface area (Å²) in [5.41, 5.74) is 3.46. The molecule has 0 spiro atoms. The van der Waals surface area contributed by atoms with Gasteiger partial charge in [0, 0.05) is 30.0 Å². The van der Waals surface area contributed by atoms with Crippen molar-refractivity contribution in [3.8, 4) is 11.4 Å². The van der Waals surface area contributed by atoms with E-state index in [9.17, 15) is 9.59 Å². The van der Waals surface area contributed by atoms with Crippen LogP contribution in [0.1, 0.15) is 41.5 Å². The van der Waals surface area contributed by atoms with Gasteiger partial charge in [-0.15, -0.1) is 0 Å². The lowest BCUT2D eigenvalue weighted by atomic mass is 10.2. The molecular formula is C20H26N2O4. The fourth-order valence-electron chi connectivity index (χ4n) is 2.88. The number of nitrogens with one attached hydrogen (secondary N) is 1. The van der Waals surface area contributed by atoms with Crippen molar-refractivity contribution >= 4 is 11.9 Å². The van der Waals surface area contributed by atoms with Crippen LogP contribution in [-0.2, 0) is 9.53 Å². The molecule has 6 nitrogen and oxygen atoms in total. The molecule has 0 aliphatic heterocycles. The molecule has 6 heteroatoms. The first-order valence-electron chi connectivity index (χ1n) is 8.75. The minimum absolute atomic E-state index is 0.137. The lowest BCUT2D eigenvalue weighted by Gasteiger charge is -2.11. The van der Waals surface area contributed by atoms with Crippen LogP contribution in [0.5, 0.6) is 5.75 Å². The number of ether oxygens (including phenoxy) is 2. The van der Waals surface area contributed by atoms with Crippen LogP contribution in [0.2, 0.25) is 0 Å². The largest absolute Gasteiger partial charge is 0.497 e. The van der Waals surface area contributed by atoms with Gasteiger partial charge in [-0.2, -0.15) is 0 Å². The predicted molar refractivity (Wildman–Crippen MR) is 100.0 cm³/mol. The predicted octanol–water partition coefficient (Wildman–Crippen LogP) is 3.18. The zero-order valence-corrected chi connectivity index (χ0v) is 15.8. The van der Waals surface area contributed by atoms with E-state index in [0.717, 1.165) is 22.8 Å². The average Bonchev–Trinajstić information content (AvgIpc) is 2.93. The maximum Gasteiger partial charge on any atom is 0.305 e. The van der Waals surface area contributed by atoms with Crippen LogP contribution in [-0.4, -0.2) is 36.7 Å². The van der Waals surface area contributed by atoms with E-state index in [4.69, 9.17) is 9.47 Å². The Hall–Kier alpha value is -2.76. The van der Waals surface area contributed by atoms with Crippen molar-refractivity contribution in [3.63, 3.8) is 0 Å². The highest BCUT2D eigenvalue weighted by Gasteiger charge is 2.16. The average molecular weight is 358 g/mol. The van der Waals surface area contributed by atoms with Crippen LogP contribution in [0, 0.1) is 13.8 Å². The van der Waals surface area contributed by atoms with E-state index < -0.39 is 0 Å². The number of nitrogens with zero attached hydrogens (tertiary/aromatic N) is 1. The minimum atomic E-state index is -0.237. The number of aryl methyl sites for hydroxylation is 1. The Morgan fingerprint density at radius 2 is 1.85 bits per heavy atom. The number of amides is 1. The monoisotopic (exact) mass is 358 g/mol. The first kappa shape index (κ1) is 19.6. The molecule has 140 valence electrons. The van der Waals surface area contributed by atoms with Crippen molar-refractivity contribution in [2.45, 2.75) is 33.6 Å². The number of carbonyl (C=O) groups excluding carboxylic acids is 2. The standard InChI is InChI=1S/C20H26N2O4/c1-5-26-19(23)7-6-12-21-20(24)18-13-14(2)22(15(18)3)16-8-10-17(25-4)11-9-16/h8-11,13H,5-7,12H2,1-4H3,(H,21,24). The molecule has 0 unspecified atom stereocenters. The fourth-order valence-corrected chi connectivity index (χ4v) is 2.88. The fraction of sp³-hybridized carbons (Fsp3) is 0.400. The summed E-state index contributed by atoms with van der Waals surface area (Å²) in [6, 6.07) is 9.58. The normalized spacial score (nSPS) is 10.5. The van der Waals surface area contributed by atoms with Crippen LogP contribution in [0.3, 0.4) is 0 Å². The maximum absolute atomic E-state index is 12.5. The van der Waals surface area contributed by atoms with Gasteiger partial charge in [0.2, 0.25) is 0 Å². The Morgan fingerprint density at radius 3 is 2.46 bits per heavy atom. The Labute approximate surface area is 154 Å². The van der Waals surface area contributed by atoms with Gasteiger partial charge in [0.05, 0.1) is 19.3 Å². The van der Waals surface area contributed by atoms with E-state index in [-0.39, 0.29) is 11.9 Å². The summed E-state index contributed by atoms with van der Waals surface area (Å²) in [6.07, 6.45) is 0.862. The zero-order valence-electron chi connectivity index (χ0n) is 15.8. The molecule has 0 atom stereocenters. The first-order chi connectivity index (χ1) is 12.5. The van der Waals surface area contributed by atoms with E-state index in [2.05, 4.69) is 5.32 Å². The summed E-state index contributed by atoms with van der Waals surface area (Å²) in [7, 11) is 1.63. The second-order valence-corrected chi connectivity index (χ2v) is 5.98. The molecule has 0 radical (unpaired) electrons. The van der Waals surface area contributed by atoms with Crippen molar-refractivity contribution in [1.82, 2.24) is 9.88 Å². The second-order valence-electron chi connectivity index (χ2n) is 5.98. The zero-order chi connectivity index (χ0) is 19.1. The molecule has 2 rings (SSSR count). The Kier molecular flexibility index (Phi) is 6.83. The number of hydrogen-bond acceptors (Lipinski definition) is 4. The molecule has 1 aromatic carbocycles. The summed E-state index contributed by atoms with van der Waals surface area (Å²) < 4.78 is 12.1. The molecule has 1 aromatic heterocycles. The van der Waals surface area contributed by atoms with Gasteiger partial charge in [-0.25, -0.2) is 0 Å². The van der Waals surface area contributed by atoms with E-state index in [1.807, 2.05) is 48.7 Å². The van der Waals surface area contributed by atoms with Crippen LogP contribution >= 0.6 is 0 Å². The molecule has 1 amide bonds. The van der Waals surface area contributed by atoms with Crippen molar-refractivity contribution in [3.05, 3.63) is 47.3 Å². The lowest BCUT2D eigenvalue weighted by molar-refractivity contribution is -0.143. The number of rotatable bonds is 8. The molecule has 1 heterocycles. The third kappa shape index (κ3) is 4.65. The summed E-state index contributed by atoms with van der Waals surface area (Å²) in [6.45, 7) is 6.48. The molecule has 0 bridgehead atoms. The van der Waals surface area contributed by atoms with Crippen molar-refractivity contribution in [2.24, 2.45) is 0 Å². The maximum atomic E-state index is 12.5. The van der Waals surface area contributed by atoms with Gasteiger partial charge >= 0.3 is 5.97 Å². The highest BCUT2D eigenvalue weighted by atomic mass is 16.5. The van der Waals surface area contributed by atoms with E-state index in [0.29, 0.717) is 31.6 Å². The van der Waals surface area contributed by atoms with Crippen molar-refractivity contribution in [2.75, 3.05) is 20.3 Å². The van der Waals surface area contributed by atoms with Gasteiger partial charge in [0.15, 0.2) is 0 Å². The van der Waals surface area contributed by atoms with Gasteiger partial charge in [-0.3, -0.25) is 9.59 Å². The smallest absolute Gasteiger partial charge is 0.305 e. The van der Waals surface area contributed by atoms with Gasteiger partial charge in [0.25, 0.3) is 5.91 Å². The molecule has 0 aliphatic rings. The first-order valence-corrected chi connectivity index (χ1v) is 8.75. The molecule has 0 saturated heterocycles. The summed E-state index contributed by atoms with van der Waals surface area (Å²) in [5.74, 6) is 0.414. The van der Waals surface area contributed by atoms with E-state index >= 15 is 0 Å². The van der Waals surface area contributed by atoms with Crippen molar-refractivity contribution in [1.29, 1.82) is 0 Å². The van der Waals surface area contributed by atoms with Crippen LogP contribution in [0.25, 0.3) is 5.69 Å². The van der Waals surface area contributed by atoms with Crippen LogP contribution in [0.15, 0.2) is 30.3 Å². The molecule has 1 N–H and O–H groups in total. The summed E-state index contributed by atoms with van der Waals surface area (Å²) in [4.78, 5) is 23.8. The number of carbonyl (C=O) groups is 2. The Morgan fingerprint density at radius 1 is 1.15 bits per heavy atom. The highest BCUT2D eigenvalue weighted by Crippen LogP contribution is 2.22. The number of benzene rings is 1. The van der Waals surface area contributed by atoms with E-state index in [1.165, 1.54) is 0 Å². The van der Waals surface area contributed by atoms with Crippen LogP contribution < -0.4 is 10.1 Å². The molecule has 0 aliphatic carbocycles. The topological polar surface area (TPSA) is 69.6 Å². The summed E-state index contributed by atoms with van der Waals surface area (Å²) >= 11 is 0. The van der Waals surface area contributed by atoms with Gasteiger partial charge in [-0.05, 0) is 57.5 Å². The van der Waals surface area contributed by atoms with Gasteiger partial charge < -0.3 is 19.4 Å². The Bertz CT molecular complexity index is 763.